The molecule has 29 heavy (non-hydrogen) atoms. The van der Waals surface area contributed by atoms with Gasteiger partial charge < -0.3 is 20.4 Å². The van der Waals surface area contributed by atoms with E-state index in [4.69, 9.17) is 15.5 Å². The van der Waals surface area contributed by atoms with Crippen LogP contribution < -0.4 is 15.4 Å². The maximum Gasteiger partial charge on any atom is 0.128 e. The van der Waals surface area contributed by atoms with Gasteiger partial charge in [-0.05, 0) is 76.5 Å². The van der Waals surface area contributed by atoms with E-state index in [1.165, 1.54) is 29.8 Å². The fourth-order valence-electron chi connectivity index (χ4n) is 4.68. The zero-order chi connectivity index (χ0) is 20.0. The zero-order valence-corrected chi connectivity index (χ0v) is 17.6. The smallest absolute Gasteiger partial charge is 0.128 e. The summed E-state index contributed by atoms with van der Waals surface area (Å²) in [6.07, 6.45) is 7.09. The molecule has 5 rings (SSSR count). The Labute approximate surface area is 173 Å². The first-order valence-corrected chi connectivity index (χ1v) is 11.1. The molecule has 1 aromatic carbocycles. The lowest BCUT2D eigenvalue weighted by molar-refractivity contribution is 0.299. The molecule has 154 valence electrons. The Morgan fingerprint density at radius 2 is 1.90 bits per heavy atom. The summed E-state index contributed by atoms with van der Waals surface area (Å²) in [5.41, 5.74) is 13.1. The number of benzene rings is 1. The number of fused-ring (bicyclic) bond motifs is 1. The van der Waals surface area contributed by atoms with Crippen molar-refractivity contribution in [2.45, 2.75) is 64.5 Å². The van der Waals surface area contributed by atoms with E-state index in [1.807, 2.05) is 0 Å². The van der Waals surface area contributed by atoms with Crippen LogP contribution in [0.25, 0.3) is 0 Å². The molecule has 0 radical (unpaired) electrons. The highest BCUT2D eigenvalue weighted by Gasteiger charge is 2.32. The van der Waals surface area contributed by atoms with Crippen molar-refractivity contribution in [1.82, 2.24) is 4.98 Å². The van der Waals surface area contributed by atoms with Gasteiger partial charge in [0.25, 0.3) is 0 Å². The molecule has 0 amide bonds. The molecular weight excluding hydrogens is 360 g/mol. The van der Waals surface area contributed by atoms with Crippen LogP contribution in [0.15, 0.2) is 29.3 Å². The zero-order valence-electron chi connectivity index (χ0n) is 17.6. The molecule has 2 fully saturated rings. The molecule has 2 saturated carbocycles. The molecule has 5 nitrogen and oxygen atoms in total. The second-order valence-electron chi connectivity index (χ2n) is 9.15. The number of hydrogen-bond donors (Lipinski definition) is 2. The van der Waals surface area contributed by atoms with E-state index in [9.17, 15) is 0 Å². The van der Waals surface area contributed by atoms with E-state index in [1.54, 1.807) is 0 Å². The monoisotopic (exact) mass is 392 g/mol. The summed E-state index contributed by atoms with van der Waals surface area (Å²) < 4.78 is 6.22. The lowest BCUT2D eigenvalue weighted by atomic mass is 9.90. The Kier molecular flexibility index (Phi) is 4.86. The number of rotatable bonds is 5. The lowest BCUT2D eigenvalue weighted by Gasteiger charge is -2.38. The number of aromatic nitrogens is 1. The first kappa shape index (κ1) is 18.7. The summed E-state index contributed by atoms with van der Waals surface area (Å²) in [6.45, 7) is 5.78. The van der Waals surface area contributed by atoms with Gasteiger partial charge in [-0.3, -0.25) is 4.99 Å². The molecule has 0 spiro atoms. The molecule has 1 aliphatic heterocycles. The van der Waals surface area contributed by atoms with Crippen LogP contribution in [-0.2, 0) is 0 Å². The molecular formula is C24H32N4O. The predicted octanol–water partition coefficient (Wildman–Crippen LogP) is 4.31. The molecule has 0 unspecified atom stereocenters. The maximum atomic E-state index is 6.22. The van der Waals surface area contributed by atoms with Gasteiger partial charge in [0.1, 0.15) is 12.4 Å². The number of anilines is 1. The Morgan fingerprint density at radius 3 is 2.66 bits per heavy atom. The van der Waals surface area contributed by atoms with Crippen molar-refractivity contribution in [3.8, 4) is 5.75 Å². The fourth-order valence-corrected chi connectivity index (χ4v) is 4.68. The number of aliphatic imine (C=N–C) groups is 1. The van der Waals surface area contributed by atoms with Gasteiger partial charge in [0.15, 0.2) is 0 Å². The number of ether oxygens (including phenoxy) is 1. The van der Waals surface area contributed by atoms with Crippen molar-refractivity contribution in [3.63, 3.8) is 0 Å². The van der Waals surface area contributed by atoms with E-state index in [-0.39, 0.29) is 0 Å². The van der Waals surface area contributed by atoms with E-state index < -0.39 is 0 Å². The normalized spacial score (nSPS) is 24.2. The predicted molar refractivity (Wildman–Crippen MR) is 118 cm³/mol. The number of nitrogens with zero attached hydrogens (tertiary/aromatic N) is 2. The van der Waals surface area contributed by atoms with E-state index in [0.717, 1.165) is 60.9 Å². The number of H-pyrrole nitrogens is 1. The van der Waals surface area contributed by atoms with Gasteiger partial charge in [0.2, 0.25) is 0 Å². The van der Waals surface area contributed by atoms with Crippen LogP contribution in [0.1, 0.15) is 61.0 Å². The Morgan fingerprint density at radius 1 is 1.10 bits per heavy atom. The third-order valence-corrected chi connectivity index (χ3v) is 6.60. The number of hydrogen-bond acceptors (Lipinski definition) is 4. The number of nitrogens with two attached hydrogens (primary N) is 1. The van der Waals surface area contributed by atoms with Crippen LogP contribution in [0.2, 0.25) is 0 Å². The summed E-state index contributed by atoms with van der Waals surface area (Å²) >= 11 is 0. The second kappa shape index (κ2) is 7.52. The van der Waals surface area contributed by atoms with Crippen LogP contribution in [0.4, 0.5) is 5.69 Å². The largest absolute Gasteiger partial charge is 0.493 e. The van der Waals surface area contributed by atoms with E-state index >= 15 is 0 Å². The Hall–Kier alpha value is -2.27. The van der Waals surface area contributed by atoms with Gasteiger partial charge in [-0.2, -0.15) is 0 Å². The van der Waals surface area contributed by atoms with E-state index in [2.05, 4.69) is 48.0 Å². The molecule has 2 heterocycles. The lowest BCUT2D eigenvalue weighted by Crippen LogP contribution is -2.43. The van der Waals surface area contributed by atoms with Crippen LogP contribution in [0.5, 0.6) is 5.75 Å². The second-order valence-corrected chi connectivity index (χ2v) is 9.15. The average Bonchev–Trinajstić information content (AvgIpc) is 3.46. The third-order valence-electron chi connectivity index (χ3n) is 6.60. The van der Waals surface area contributed by atoms with Crippen LogP contribution in [-0.4, -0.2) is 36.1 Å². The molecule has 2 aliphatic carbocycles. The molecule has 2 aromatic rings. The topological polar surface area (TPSA) is 66.6 Å². The van der Waals surface area contributed by atoms with Gasteiger partial charge in [-0.25, -0.2) is 0 Å². The number of aromatic amines is 1. The van der Waals surface area contributed by atoms with Crippen LogP contribution in [0.3, 0.4) is 0 Å². The van der Waals surface area contributed by atoms with Gasteiger partial charge in [-0.1, -0.05) is 11.6 Å². The summed E-state index contributed by atoms with van der Waals surface area (Å²) in [5.74, 6) is 1.69. The van der Waals surface area contributed by atoms with Crippen molar-refractivity contribution in [1.29, 1.82) is 0 Å². The average molecular weight is 393 g/mol. The van der Waals surface area contributed by atoms with Gasteiger partial charge in [0, 0.05) is 23.3 Å². The van der Waals surface area contributed by atoms with Crippen molar-refractivity contribution < 1.29 is 4.74 Å². The highest BCUT2D eigenvalue weighted by atomic mass is 16.5. The van der Waals surface area contributed by atoms with Crippen LogP contribution in [0, 0.1) is 19.8 Å². The Balaban J connectivity index is 1.48. The summed E-state index contributed by atoms with van der Waals surface area (Å²) in [7, 11) is 0. The van der Waals surface area contributed by atoms with Gasteiger partial charge in [0.05, 0.1) is 23.7 Å². The highest BCUT2D eigenvalue weighted by Crippen LogP contribution is 2.37. The third kappa shape index (κ3) is 3.80. The van der Waals surface area contributed by atoms with Crippen molar-refractivity contribution >= 4 is 11.4 Å². The molecule has 1 aromatic heterocycles. The van der Waals surface area contributed by atoms with E-state index in [0.29, 0.717) is 18.8 Å². The Bertz CT molecular complexity index is 919. The highest BCUT2D eigenvalue weighted by molar-refractivity contribution is 6.17. The van der Waals surface area contributed by atoms with Crippen molar-refractivity contribution in [2.24, 2.45) is 16.6 Å². The van der Waals surface area contributed by atoms with Crippen molar-refractivity contribution in [2.75, 3.05) is 18.2 Å². The summed E-state index contributed by atoms with van der Waals surface area (Å²) in [5, 5.41) is 0. The number of nitrogens with one attached hydrogen (secondary N) is 1. The first-order valence-electron chi connectivity index (χ1n) is 11.1. The molecule has 0 atom stereocenters. The van der Waals surface area contributed by atoms with Gasteiger partial charge >= 0.3 is 0 Å². The minimum Gasteiger partial charge on any atom is -0.493 e. The molecule has 3 N–H and O–H groups in total. The molecule has 3 aliphatic rings. The minimum atomic E-state index is 0.362. The molecule has 0 saturated heterocycles. The summed E-state index contributed by atoms with van der Waals surface area (Å²) in [6, 6.07) is 9.63. The standard InChI is InChI=1S/C24H32N4O/c1-15-3-10-22(29-13-17-4-5-17)20(11-15)23-24-21(12-16(2)27-24)28(14-26-23)19-8-6-18(25)7-9-19/h3,10-12,17-19,27H,4-9,13-14,25H2,1-2H3. The minimum absolute atomic E-state index is 0.362. The molecule has 0 bridgehead atoms. The van der Waals surface area contributed by atoms with Crippen LogP contribution >= 0.6 is 0 Å². The molecule has 5 heteroatoms. The maximum absolute atomic E-state index is 6.22. The van der Waals surface area contributed by atoms with Gasteiger partial charge in [-0.15, -0.1) is 0 Å². The quantitative estimate of drug-likeness (QED) is 0.797. The fraction of sp³-hybridized carbons (Fsp3) is 0.542. The summed E-state index contributed by atoms with van der Waals surface area (Å²) in [4.78, 5) is 11.1. The van der Waals surface area contributed by atoms with Crippen molar-refractivity contribution in [3.05, 3.63) is 46.8 Å². The number of aryl methyl sites for hydroxylation is 2. The first-order chi connectivity index (χ1) is 14.1. The SMILES string of the molecule is Cc1ccc(OCC2CC2)c(C2=NCN(C3CCC(N)CC3)c3cc(C)[nH]c32)c1.